The normalized spacial score (nSPS) is 12.2. The number of hydrogen-bond donors (Lipinski definition) is 2. The predicted molar refractivity (Wildman–Crippen MR) is 73.6 cm³/mol. The Morgan fingerprint density at radius 2 is 2.17 bits per heavy atom. The van der Waals surface area contributed by atoms with Gasteiger partial charge in [0.05, 0.1) is 6.04 Å². The number of aryl methyl sites for hydroxylation is 2. The molecule has 1 aromatic carbocycles. The molecule has 0 aromatic heterocycles. The molecule has 1 rings (SSSR count). The first-order valence-corrected chi connectivity index (χ1v) is 6.17. The van der Waals surface area contributed by atoms with Crippen molar-refractivity contribution in [1.29, 1.82) is 0 Å². The Kier molecular flexibility index (Phi) is 5.82. The van der Waals surface area contributed by atoms with Crippen LogP contribution in [0.1, 0.15) is 24.0 Å². The van der Waals surface area contributed by atoms with Crippen LogP contribution in [0.5, 0.6) is 0 Å². The van der Waals surface area contributed by atoms with Crippen LogP contribution >= 0.6 is 0 Å². The molecule has 0 bridgehead atoms. The van der Waals surface area contributed by atoms with Crippen molar-refractivity contribution in [2.45, 2.75) is 32.7 Å². The summed E-state index contributed by atoms with van der Waals surface area (Å²) < 4.78 is 4.94. The highest BCUT2D eigenvalue weighted by Gasteiger charge is 2.13. The third-order valence-corrected chi connectivity index (χ3v) is 2.84. The van der Waals surface area contributed by atoms with Crippen LogP contribution in [-0.2, 0) is 9.53 Å². The average molecular weight is 250 g/mol. The molecule has 1 aromatic rings. The van der Waals surface area contributed by atoms with Crippen LogP contribution in [0.25, 0.3) is 0 Å². The van der Waals surface area contributed by atoms with E-state index in [2.05, 4.69) is 5.32 Å². The Labute approximate surface area is 109 Å². The minimum absolute atomic E-state index is 0.141. The fourth-order valence-corrected chi connectivity index (χ4v) is 1.76. The number of benzene rings is 1. The number of hydrogen-bond acceptors (Lipinski definition) is 3. The molecule has 0 saturated carbocycles. The van der Waals surface area contributed by atoms with Crippen molar-refractivity contribution in [3.8, 4) is 0 Å². The molecule has 0 fully saturated rings. The van der Waals surface area contributed by atoms with Crippen LogP contribution in [-0.4, -0.2) is 25.7 Å². The summed E-state index contributed by atoms with van der Waals surface area (Å²) in [5.41, 5.74) is 8.87. The van der Waals surface area contributed by atoms with E-state index in [9.17, 15) is 4.79 Å². The van der Waals surface area contributed by atoms with Gasteiger partial charge < -0.3 is 15.8 Å². The maximum Gasteiger partial charge on any atom is 0.241 e. The summed E-state index contributed by atoms with van der Waals surface area (Å²) in [5.74, 6) is -0.141. The second-order valence-electron chi connectivity index (χ2n) is 4.55. The number of nitrogens with two attached hydrogens (primary N) is 1. The predicted octanol–water partition coefficient (Wildman–Crippen LogP) is 2.00. The molecule has 4 nitrogen and oxygen atoms in total. The number of carbonyl (C=O) groups is 1. The molecule has 1 amide bonds. The number of ether oxygens (including phenoxy) is 1. The lowest BCUT2D eigenvalue weighted by molar-refractivity contribution is -0.117. The molecule has 0 spiro atoms. The summed E-state index contributed by atoms with van der Waals surface area (Å²) in [5, 5.41) is 2.86. The lowest BCUT2D eigenvalue weighted by Crippen LogP contribution is -2.35. The van der Waals surface area contributed by atoms with E-state index >= 15 is 0 Å². The maximum atomic E-state index is 11.9. The second-order valence-corrected chi connectivity index (χ2v) is 4.55. The molecule has 4 heteroatoms. The molecule has 0 radical (unpaired) electrons. The van der Waals surface area contributed by atoms with Crippen molar-refractivity contribution < 1.29 is 9.53 Å². The number of nitrogens with one attached hydrogen (secondary N) is 1. The fraction of sp³-hybridized carbons (Fsp3) is 0.500. The van der Waals surface area contributed by atoms with Gasteiger partial charge in [-0.2, -0.15) is 0 Å². The molecular weight excluding hydrogens is 228 g/mol. The van der Waals surface area contributed by atoms with Crippen molar-refractivity contribution in [3.05, 3.63) is 29.3 Å². The molecule has 1 unspecified atom stereocenters. The van der Waals surface area contributed by atoms with E-state index < -0.39 is 6.04 Å². The molecule has 100 valence electrons. The number of rotatable bonds is 6. The van der Waals surface area contributed by atoms with E-state index in [-0.39, 0.29) is 5.91 Å². The highest BCUT2D eigenvalue weighted by atomic mass is 16.5. The lowest BCUT2D eigenvalue weighted by atomic mass is 10.1. The van der Waals surface area contributed by atoms with Crippen LogP contribution in [0.2, 0.25) is 0 Å². The largest absolute Gasteiger partial charge is 0.385 e. The maximum absolute atomic E-state index is 11.9. The van der Waals surface area contributed by atoms with Gasteiger partial charge in [-0.3, -0.25) is 4.79 Å². The molecule has 0 aliphatic heterocycles. The zero-order valence-corrected chi connectivity index (χ0v) is 11.3. The Morgan fingerprint density at radius 3 is 2.78 bits per heavy atom. The summed E-state index contributed by atoms with van der Waals surface area (Å²) in [6.07, 6.45) is 1.42. The van der Waals surface area contributed by atoms with Gasteiger partial charge in [0, 0.05) is 19.4 Å². The van der Waals surface area contributed by atoms with Gasteiger partial charge in [-0.1, -0.05) is 17.7 Å². The third-order valence-electron chi connectivity index (χ3n) is 2.84. The zero-order chi connectivity index (χ0) is 13.5. The van der Waals surface area contributed by atoms with Gasteiger partial charge in [0.25, 0.3) is 0 Å². The van der Waals surface area contributed by atoms with Crippen LogP contribution in [0.3, 0.4) is 0 Å². The minimum Gasteiger partial charge on any atom is -0.385 e. The Bertz CT molecular complexity index is 405. The number of anilines is 1. The monoisotopic (exact) mass is 250 g/mol. The molecule has 3 N–H and O–H groups in total. The molecule has 0 saturated heterocycles. The summed E-state index contributed by atoms with van der Waals surface area (Å²) in [6.45, 7) is 4.62. The van der Waals surface area contributed by atoms with E-state index in [1.54, 1.807) is 7.11 Å². The van der Waals surface area contributed by atoms with Crippen LogP contribution in [0.4, 0.5) is 5.69 Å². The summed E-state index contributed by atoms with van der Waals surface area (Å²) in [7, 11) is 1.64. The molecule has 0 aliphatic carbocycles. The first-order valence-electron chi connectivity index (χ1n) is 6.17. The Balaban J connectivity index is 2.53. The first kappa shape index (κ1) is 14.7. The highest BCUT2D eigenvalue weighted by molar-refractivity contribution is 5.95. The quantitative estimate of drug-likeness (QED) is 0.759. The Hall–Kier alpha value is -1.39. The molecule has 18 heavy (non-hydrogen) atoms. The van der Waals surface area contributed by atoms with Gasteiger partial charge in [-0.05, 0) is 38.3 Å². The van der Waals surface area contributed by atoms with Gasteiger partial charge >= 0.3 is 0 Å². The van der Waals surface area contributed by atoms with Crippen molar-refractivity contribution >= 4 is 11.6 Å². The standard InChI is InChI=1S/C14H22N2O2/c1-10-6-7-13(11(2)9-10)16-14(17)12(15)5-4-8-18-3/h6-7,9,12H,4-5,8,15H2,1-3H3,(H,16,17). The van der Waals surface area contributed by atoms with Gasteiger partial charge in [-0.15, -0.1) is 0 Å². The zero-order valence-electron chi connectivity index (χ0n) is 11.3. The van der Waals surface area contributed by atoms with E-state index in [1.165, 1.54) is 5.56 Å². The summed E-state index contributed by atoms with van der Waals surface area (Å²) in [4.78, 5) is 11.9. The summed E-state index contributed by atoms with van der Waals surface area (Å²) >= 11 is 0. The van der Waals surface area contributed by atoms with Crippen molar-refractivity contribution in [3.63, 3.8) is 0 Å². The van der Waals surface area contributed by atoms with Gasteiger partial charge in [0.2, 0.25) is 5.91 Å². The smallest absolute Gasteiger partial charge is 0.241 e. The minimum atomic E-state index is -0.485. The molecule has 0 aliphatic rings. The number of amides is 1. The summed E-state index contributed by atoms with van der Waals surface area (Å²) in [6, 6.07) is 5.43. The van der Waals surface area contributed by atoms with E-state index in [0.29, 0.717) is 13.0 Å². The molecular formula is C14H22N2O2. The number of carbonyl (C=O) groups excluding carboxylic acids is 1. The first-order chi connectivity index (χ1) is 8.54. The fourth-order valence-electron chi connectivity index (χ4n) is 1.76. The number of methoxy groups -OCH3 is 1. The van der Waals surface area contributed by atoms with Gasteiger partial charge in [0.15, 0.2) is 0 Å². The van der Waals surface area contributed by atoms with Crippen LogP contribution in [0, 0.1) is 13.8 Å². The van der Waals surface area contributed by atoms with Crippen LogP contribution < -0.4 is 11.1 Å². The topological polar surface area (TPSA) is 64.3 Å². The lowest BCUT2D eigenvalue weighted by Gasteiger charge is -2.13. The molecule has 0 heterocycles. The van der Waals surface area contributed by atoms with Crippen molar-refractivity contribution in [1.82, 2.24) is 0 Å². The van der Waals surface area contributed by atoms with E-state index in [4.69, 9.17) is 10.5 Å². The van der Waals surface area contributed by atoms with E-state index in [0.717, 1.165) is 17.7 Å². The van der Waals surface area contributed by atoms with Crippen molar-refractivity contribution in [2.24, 2.45) is 5.73 Å². The second kappa shape index (κ2) is 7.13. The van der Waals surface area contributed by atoms with Crippen LogP contribution in [0.15, 0.2) is 18.2 Å². The average Bonchev–Trinajstić information content (AvgIpc) is 2.32. The molecule has 1 atom stereocenters. The van der Waals surface area contributed by atoms with Gasteiger partial charge in [0.1, 0.15) is 0 Å². The SMILES string of the molecule is COCCCC(N)C(=O)Nc1ccc(C)cc1C. The van der Waals surface area contributed by atoms with Crippen molar-refractivity contribution in [2.75, 3.05) is 19.0 Å². The van der Waals surface area contributed by atoms with Gasteiger partial charge in [-0.25, -0.2) is 0 Å². The van der Waals surface area contributed by atoms with E-state index in [1.807, 2.05) is 32.0 Å². The highest BCUT2D eigenvalue weighted by Crippen LogP contribution is 2.16. The third kappa shape index (κ3) is 4.47. The Morgan fingerprint density at radius 1 is 1.44 bits per heavy atom.